The highest BCUT2D eigenvalue weighted by molar-refractivity contribution is 5.75. The minimum atomic E-state index is 0.279. The Bertz CT molecular complexity index is 113. The van der Waals surface area contributed by atoms with Crippen LogP contribution in [-0.4, -0.2) is 23.9 Å². The van der Waals surface area contributed by atoms with Crippen molar-refractivity contribution in [2.24, 2.45) is 0 Å². The second-order valence-corrected chi connectivity index (χ2v) is 2.68. The van der Waals surface area contributed by atoms with Crippen molar-refractivity contribution >= 4 is 5.91 Å². The second kappa shape index (κ2) is 11.5. The summed E-state index contributed by atoms with van der Waals surface area (Å²) in [4.78, 5) is 13.1. The molecule has 0 aliphatic carbocycles. The quantitative estimate of drug-likeness (QED) is 0.647. The number of amides is 1. The molecule has 0 saturated carbocycles. The van der Waals surface area contributed by atoms with Gasteiger partial charge in [0.1, 0.15) is 0 Å². The lowest BCUT2D eigenvalue weighted by atomic mass is 10.3. The summed E-state index contributed by atoms with van der Waals surface area (Å²) < 4.78 is 0. The van der Waals surface area contributed by atoms with Crippen molar-refractivity contribution in [1.29, 1.82) is 0 Å². The summed E-state index contributed by atoms with van der Waals surface area (Å²) in [6, 6.07) is 0. The molecule has 0 saturated heterocycles. The Morgan fingerprint density at radius 2 is 1.69 bits per heavy atom. The van der Waals surface area contributed by atoms with E-state index in [2.05, 4.69) is 6.92 Å². The van der Waals surface area contributed by atoms with Crippen molar-refractivity contribution in [1.82, 2.24) is 4.90 Å². The molecule has 0 spiro atoms. The van der Waals surface area contributed by atoms with Crippen LogP contribution in [0.4, 0.5) is 0 Å². The van der Waals surface area contributed by atoms with Gasteiger partial charge in [-0.1, -0.05) is 34.1 Å². The summed E-state index contributed by atoms with van der Waals surface area (Å²) in [6.07, 6.45) is 2.92. The highest BCUT2D eigenvalue weighted by Gasteiger charge is 2.06. The minimum Gasteiger partial charge on any atom is -0.343 e. The van der Waals surface area contributed by atoms with Gasteiger partial charge in [-0.05, 0) is 13.3 Å². The van der Waals surface area contributed by atoms with Gasteiger partial charge >= 0.3 is 0 Å². The molecular weight excluding hydrogens is 162 g/mol. The molecule has 2 heteroatoms. The maximum Gasteiger partial charge on any atom is 0.222 e. The van der Waals surface area contributed by atoms with Gasteiger partial charge in [-0.2, -0.15) is 0 Å². The molecule has 1 amide bonds. The van der Waals surface area contributed by atoms with Gasteiger partial charge in [-0.25, -0.2) is 0 Å². The maximum atomic E-state index is 11.2. The van der Waals surface area contributed by atoms with Crippen molar-refractivity contribution in [2.75, 3.05) is 13.1 Å². The number of hydrogen-bond acceptors (Lipinski definition) is 1. The average Bonchev–Trinajstić information content (AvgIpc) is 2.21. The Labute approximate surface area is 83.3 Å². The van der Waals surface area contributed by atoms with Crippen LogP contribution < -0.4 is 0 Å². The van der Waals surface area contributed by atoms with Gasteiger partial charge in [0.2, 0.25) is 5.91 Å². The first-order valence-corrected chi connectivity index (χ1v) is 5.54. The van der Waals surface area contributed by atoms with E-state index in [4.69, 9.17) is 0 Å². The van der Waals surface area contributed by atoms with Crippen LogP contribution in [0.2, 0.25) is 0 Å². The predicted octanol–water partition coefficient (Wildman–Crippen LogP) is 3.07. The average molecular weight is 187 g/mol. The van der Waals surface area contributed by atoms with Crippen LogP contribution in [0.3, 0.4) is 0 Å². The molecular formula is C11H25NO. The third kappa shape index (κ3) is 7.82. The van der Waals surface area contributed by atoms with Crippen molar-refractivity contribution in [3.63, 3.8) is 0 Å². The molecule has 0 aromatic rings. The summed E-state index contributed by atoms with van der Waals surface area (Å²) in [6.45, 7) is 11.9. The van der Waals surface area contributed by atoms with E-state index in [9.17, 15) is 4.79 Å². The first-order chi connectivity index (χ1) is 6.26. The lowest BCUT2D eigenvalue weighted by Crippen LogP contribution is -2.30. The Morgan fingerprint density at radius 1 is 1.15 bits per heavy atom. The van der Waals surface area contributed by atoms with Crippen molar-refractivity contribution in [3.05, 3.63) is 0 Å². The summed E-state index contributed by atoms with van der Waals surface area (Å²) in [5.41, 5.74) is 0. The smallest absolute Gasteiger partial charge is 0.222 e. The van der Waals surface area contributed by atoms with Crippen molar-refractivity contribution < 1.29 is 4.79 Å². The second-order valence-electron chi connectivity index (χ2n) is 2.68. The van der Waals surface area contributed by atoms with Crippen LogP contribution in [0.25, 0.3) is 0 Å². The molecule has 80 valence electrons. The molecule has 0 N–H and O–H groups in total. The van der Waals surface area contributed by atoms with E-state index in [1.165, 1.54) is 0 Å². The van der Waals surface area contributed by atoms with E-state index in [-0.39, 0.29) is 5.91 Å². The Hall–Kier alpha value is -0.530. The van der Waals surface area contributed by atoms with Gasteiger partial charge in [0, 0.05) is 19.5 Å². The van der Waals surface area contributed by atoms with Gasteiger partial charge in [0.15, 0.2) is 0 Å². The molecule has 0 bridgehead atoms. The maximum absolute atomic E-state index is 11.2. The zero-order valence-electron chi connectivity index (χ0n) is 9.89. The van der Waals surface area contributed by atoms with E-state index in [0.717, 1.165) is 25.9 Å². The SMILES string of the molecule is CC.CCCCN(CC)C(=O)CC. The number of carbonyl (C=O) groups excluding carboxylic acids is 1. The van der Waals surface area contributed by atoms with E-state index >= 15 is 0 Å². The first kappa shape index (κ1) is 15.0. The van der Waals surface area contributed by atoms with Gasteiger partial charge in [-0.3, -0.25) is 4.79 Å². The van der Waals surface area contributed by atoms with Crippen LogP contribution in [0.5, 0.6) is 0 Å². The number of unbranched alkanes of at least 4 members (excludes halogenated alkanes) is 1. The molecule has 0 aromatic carbocycles. The molecule has 0 aromatic heterocycles. The molecule has 2 nitrogen and oxygen atoms in total. The summed E-state index contributed by atoms with van der Waals surface area (Å²) in [5, 5.41) is 0. The van der Waals surface area contributed by atoms with E-state index in [1.807, 2.05) is 32.6 Å². The summed E-state index contributed by atoms with van der Waals surface area (Å²) in [7, 11) is 0. The standard InChI is InChI=1S/C9H19NO.C2H6/c1-4-7-8-10(6-3)9(11)5-2;1-2/h4-8H2,1-3H3;1-2H3. The normalized spacial score (nSPS) is 8.69. The fourth-order valence-corrected chi connectivity index (χ4v) is 1.03. The Kier molecular flexibility index (Phi) is 13.2. The molecule has 13 heavy (non-hydrogen) atoms. The molecule has 0 aliphatic rings. The van der Waals surface area contributed by atoms with Crippen molar-refractivity contribution in [3.8, 4) is 0 Å². The minimum absolute atomic E-state index is 0.279. The fourth-order valence-electron chi connectivity index (χ4n) is 1.03. The number of rotatable bonds is 5. The van der Waals surface area contributed by atoms with Crippen LogP contribution in [0.15, 0.2) is 0 Å². The van der Waals surface area contributed by atoms with Crippen molar-refractivity contribution in [2.45, 2.75) is 53.9 Å². The zero-order chi connectivity index (χ0) is 10.7. The summed E-state index contributed by atoms with van der Waals surface area (Å²) in [5.74, 6) is 0.279. The van der Waals surface area contributed by atoms with Crippen LogP contribution in [-0.2, 0) is 4.79 Å². The molecule has 0 radical (unpaired) electrons. The number of carbonyl (C=O) groups is 1. The Morgan fingerprint density at radius 3 is 2.00 bits per heavy atom. The summed E-state index contributed by atoms with van der Waals surface area (Å²) >= 11 is 0. The molecule has 0 aliphatic heterocycles. The number of nitrogens with zero attached hydrogens (tertiary/aromatic N) is 1. The van der Waals surface area contributed by atoms with Crippen LogP contribution >= 0.6 is 0 Å². The molecule has 0 heterocycles. The Balaban J connectivity index is 0. The topological polar surface area (TPSA) is 20.3 Å². The van der Waals surface area contributed by atoms with Crippen LogP contribution in [0, 0.1) is 0 Å². The highest BCUT2D eigenvalue weighted by atomic mass is 16.2. The molecule has 0 atom stereocenters. The lowest BCUT2D eigenvalue weighted by molar-refractivity contribution is -0.130. The predicted molar refractivity (Wildman–Crippen MR) is 58.8 cm³/mol. The van der Waals surface area contributed by atoms with Gasteiger partial charge in [-0.15, -0.1) is 0 Å². The monoisotopic (exact) mass is 187 g/mol. The first-order valence-electron chi connectivity index (χ1n) is 5.54. The largest absolute Gasteiger partial charge is 0.343 e. The van der Waals surface area contributed by atoms with Gasteiger partial charge < -0.3 is 4.90 Å². The van der Waals surface area contributed by atoms with Gasteiger partial charge in [0.25, 0.3) is 0 Å². The van der Waals surface area contributed by atoms with E-state index in [0.29, 0.717) is 6.42 Å². The van der Waals surface area contributed by atoms with Gasteiger partial charge in [0.05, 0.1) is 0 Å². The third-order valence-electron chi connectivity index (χ3n) is 1.82. The molecule has 0 fully saturated rings. The number of hydrogen-bond donors (Lipinski definition) is 0. The third-order valence-corrected chi connectivity index (χ3v) is 1.82. The fraction of sp³-hybridized carbons (Fsp3) is 0.909. The highest BCUT2D eigenvalue weighted by Crippen LogP contribution is 1.97. The van der Waals surface area contributed by atoms with E-state index < -0.39 is 0 Å². The van der Waals surface area contributed by atoms with Crippen LogP contribution in [0.1, 0.15) is 53.9 Å². The molecule has 0 rings (SSSR count). The lowest BCUT2D eigenvalue weighted by Gasteiger charge is -2.19. The zero-order valence-corrected chi connectivity index (χ0v) is 9.89. The molecule has 0 unspecified atom stereocenters. The van der Waals surface area contributed by atoms with E-state index in [1.54, 1.807) is 0 Å².